The minimum Gasteiger partial charge on any atom is -0.380 e. The number of ether oxygens (including phenoxy) is 1. The van der Waals surface area contributed by atoms with E-state index in [0.29, 0.717) is 12.1 Å². The highest BCUT2D eigenvalue weighted by molar-refractivity contribution is 4.84. The van der Waals surface area contributed by atoms with Crippen LogP contribution in [0.15, 0.2) is 0 Å². The Morgan fingerprint density at radius 3 is 2.50 bits per heavy atom. The first-order valence-corrected chi connectivity index (χ1v) is 7.14. The summed E-state index contributed by atoms with van der Waals surface area (Å²) in [6.07, 6.45) is 1.55. The molecule has 2 unspecified atom stereocenters. The van der Waals surface area contributed by atoms with Gasteiger partial charge in [-0.3, -0.25) is 0 Å². The van der Waals surface area contributed by atoms with Crippen molar-refractivity contribution in [1.29, 1.82) is 0 Å². The molecule has 1 fully saturated rings. The number of rotatable bonds is 8. The van der Waals surface area contributed by atoms with Crippen LogP contribution in [0.3, 0.4) is 0 Å². The molecule has 1 heterocycles. The summed E-state index contributed by atoms with van der Waals surface area (Å²) in [4.78, 5) is 4.84. The molecule has 0 aromatic heterocycles. The second kappa shape index (κ2) is 8.10. The third-order valence-corrected chi connectivity index (χ3v) is 3.48. The van der Waals surface area contributed by atoms with Crippen LogP contribution in [-0.4, -0.2) is 75.9 Å². The number of nitrogens with one attached hydrogen (secondary N) is 1. The van der Waals surface area contributed by atoms with Gasteiger partial charge in [0.2, 0.25) is 0 Å². The van der Waals surface area contributed by atoms with Crippen molar-refractivity contribution in [2.45, 2.75) is 32.4 Å². The minimum atomic E-state index is 0.407. The van der Waals surface area contributed by atoms with Crippen molar-refractivity contribution in [3.05, 3.63) is 0 Å². The van der Waals surface area contributed by atoms with Gasteiger partial charge in [0, 0.05) is 45.9 Å². The van der Waals surface area contributed by atoms with Crippen LogP contribution in [-0.2, 0) is 4.74 Å². The van der Waals surface area contributed by atoms with E-state index >= 15 is 0 Å². The Balaban J connectivity index is 2.35. The Morgan fingerprint density at radius 2 is 2.00 bits per heavy atom. The van der Waals surface area contributed by atoms with E-state index in [1.54, 1.807) is 0 Å². The molecule has 1 aliphatic rings. The van der Waals surface area contributed by atoms with Gasteiger partial charge in [-0.25, -0.2) is 0 Å². The van der Waals surface area contributed by atoms with Gasteiger partial charge in [-0.05, 0) is 26.4 Å². The molecule has 18 heavy (non-hydrogen) atoms. The van der Waals surface area contributed by atoms with E-state index in [2.05, 4.69) is 43.1 Å². The minimum absolute atomic E-state index is 0.407. The molecular formula is C14H31N3O. The predicted molar refractivity (Wildman–Crippen MR) is 77.0 cm³/mol. The fourth-order valence-electron chi connectivity index (χ4n) is 2.53. The van der Waals surface area contributed by atoms with E-state index in [1.165, 1.54) is 6.54 Å². The third kappa shape index (κ3) is 6.14. The monoisotopic (exact) mass is 257 g/mol. The maximum Gasteiger partial charge on any atom is 0.0711 e. The van der Waals surface area contributed by atoms with Crippen molar-refractivity contribution >= 4 is 0 Å². The molecule has 4 nitrogen and oxygen atoms in total. The third-order valence-electron chi connectivity index (χ3n) is 3.48. The SMILES string of the molecule is COC1CNC(CN(CCN(C)C)CC(C)C)C1. The molecule has 1 aliphatic heterocycles. The maximum absolute atomic E-state index is 5.41. The lowest BCUT2D eigenvalue weighted by Crippen LogP contribution is -2.42. The van der Waals surface area contributed by atoms with Gasteiger partial charge in [0.05, 0.1) is 6.10 Å². The van der Waals surface area contributed by atoms with Gasteiger partial charge < -0.3 is 19.9 Å². The van der Waals surface area contributed by atoms with Crippen LogP contribution in [0.4, 0.5) is 0 Å². The lowest BCUT2D eigenvalue weighted by molar-refractivity contribution is 0.114. The molecule has 4 heteroatoms. The summed E-state index contributed by atoms with van der Waals surface area (Å²) in [5, 5.41) is 3.57. The smallest absolute Gasteiger partial charge is 0.0711 e. The molecule has 0 bridgehead atoms. The van der Waals surface area contributed by atoms with Gasteiger partial charge in [-0.15, -0.1) is 0 Å². The Labute approximate surface area is 113 Å². The summed E-state index contributed by atoms with van der Waals surface area (Å²) < 4.78 is 5.41. The van der Waals surface area contributed by atoms with Crippen molar-refractivity contribution in [3.8, 4) is 0 Å². The maximum atomic E-state index is 5.41. The number of likely N-dealkylation sites (N-methyl/N-ethyl adjacent to an activating group) is 1. The highest BCUT2D eigenvalue weighted by atomic mass is 16.5. The first-order valence-electron chi connectivity index (χ1n) is 7.14. The summed E-state index contributed by atoms with van der Waals surface area (Å²) in [6.45, 7) is 10.2. The molecule has 0 aliphatic carbocycles. The summed E-state index contributed by atoms with van der Waals surface area (Å²) in [5.74, 6) is 0.729. The molecule has 0 aromatic rings. The zero-order valence-electron chi connectivity index (χ0n) is 12.8. The van der Waals surface area contributed by atoms with Gasteiger partial charge in [0.1, 0.15) is 0 Å². The fourth-order valence-corrected chi connectivity index (χ4v) is 2.53. The number of hydrogen-bond acceptors (Lipinski definition) is 4. The Kier molecular flexibility index (Phi) is 7.15. The zero-order valence-corrected chi connectivity index (χ0v) is 12.8. The second-order valence-electron chi connectivity index (χ2n) is 6.16. The van der Waals surface area contributed by atoms with E-state index in [0.717, 1.165) is 38.5 Å². The molecule has 0 amide bonds. The molecular weight excluding hydrogens is 226 g/mol. The van der Waals surface area contributed by atoms with Crippen molar-refractivity contribution in [2.24, 2.45) is 5.92 Å². The van der Waals surface area contributed by atoms with Crippen LogP contribution in [0.5, 0.6) is 0 Å². The molecule has 108 valence electrons. The number of nitrogens with zero attached hydrogens (tertiary/aromatic N) is 2. The second-order valence-corrected chi connectivity index (χ2v) is 6.16. The van der Waals surface area contributed by atoms with Gasteiger partial charge >= 0.3 is 0 Å². The molecule has 2 atom stereocenters. The first-order chi connectivity index (χ1) is 8.51. The predicted octanol–water partition coefficient (Wildman–Crippen LogP) is 0.883. The molecule has 1 saturated heterocycles. The molecule has 0 aromatic carbocycles. The topological polar surface area (TPSA) is 27.7 Å². The van der Waals surface area contributed by atoms with E-state index in [-0.39, 0.29) is 0 Å². The van der Waals surface area contributed by atoms with Gasteiger partial charge in [0.25, 0.3) is 0 Å². The number of methoxy groups -OCH3 is 1. The molecule has 0 radical (unpaired) electrons. The highest BCUT2D eigenvalue weighted by Gasteiger charge is 2.25. The normalized spacial score (nSPS) is 24.7. The van der Waals surface area contributed by atoms with Gasteiger partial charge in [0.15, 0.2) is 0 Å². The number of hydrogen-bond donors (Lipinski definition) is 1. The standard InChI is InChI=1S/C14H31N3O/c1-12(2)10-17(7-6-16(3)4)11-13-8-14(18-5)9-15-13/h12-15H,6-11H2,1-5H3. The van der Waals surface area contributed by atoms with Crippen LogP contribution in [0.25, 0.3) is 0 Å². The van der Waals surface area contributed by atoms with Gasteiger partial charge in [-0.1, -0.05) is 13.8 Å². The van der Waals surface area contributed by atoms with Crippen LogP contribution < -0.4 is 5.32 Å². The highest BCUT2D eigenvalue weighted by Crippen LogP contribution is 2.11. The Bertz CT molecular complexity index is 221. The molecule has 1 rings (SSSR count). The van der Waals surface area contributed by atoms with Crippen LogP contribution in [0.1, 0.15) is 20.3 Å². The average molecular weight is 257 g/mol. The van der Waals surface area contributed by atoms with Crippen LogP contribution >= 0.6 is 0 Å². The van der Waals surface area contributed by atoms with E-state index in [1.807, 2.05) is 7.11 Å². The zero-order chi connectivity index (χ0) is 13.5. The fraction of sp³-hybridized carbons (Fsp3) is 1.00. The first kappa shape index (κ1) is 15.9. The van der Waals surface area contributed by atoms with Crippen LogP contribution in [0.2, 0.25) is 0 Å². The van der Waals surface area contributed by atoms with Gasteiger partial charge in [-0.2, -0.15) is 0 Å². The van der Waals surface area contributed by atoms with E-state index in [9.17, 15) is 0 Å². The summed E-state index contributed by atoms with van der Waals surface area (Å²) in [5.41, 5.74) is 0. The molecule has 0 saturated carbocycles. The van der Waals surface area contributed by atoms with Crippen molar-refractivity contribution < 1.29 is 4.74 Å². The van der Waals surface area contributed by atoms with Crippen molar-refractivity contribution in [3.63, 3.8) is 0 Å². The summed E-state index contributed by atoms with van der Waals surface area (Å²) in [7, 11) is 6.09. The quantitative estimate of drug-likeness (QED) is 0.699. The van der Waals surface area contributed by atoms with E-state index in [4.69, 9.17) is 4.74 Å². The molecule has 1 N–H and O–H groups in total. The Morgan fingerprint density at radius 1 is 1.28 bits per heavy atom. The summed E-state index contributed by atoms with van der Waals surface area (Å²) >= 11 is 0. The average Bonchev–Trinajstić information content (AvgIpc) is 2.73. The van der Waals surface area contributed by atoms with Crippen LogP contribution in [0, 0.1) is 5.92 Å². The largest absolute Gasteiger partial charge is 0.380 e. The molecule has 0 spiro atoms. The lowest BCUT2D eigenvalue weighted by Gasteiger charge is -2.28. The van der Waals surface area contributed by atoms with Crippen molar-refractivity contribution in [2.75, 3.05) is 53.9 Å². The Hall–Kier alpha value is -0.160. The van der Waals surface area contributed by atoms with E-state index < -0.39 is 0 Å². The summed E-state index contributed by atoms with van der Waals surface area (Å²) in [6, 6.07) is 0.593. The van der Waals surface area contributed by atoms with Crippen molar-refractivity contribution in [1.82, 2.24) is 15.1 Å². The lowest BCUT2D eigenvalue weighted by atomic mass is 10.1.